The number of methoxy groups -OCH3 is 1. The van der Waals surface area contributed by atoms with E-state index in [1.807, 2.05) is 48.0 Å². The van der Waals surface area contributed by atoms with Gasteiger partial charge in [0.1, 0.15) is 5.75 Å². The Hall–Kier alpha value is -2.49. The molecule has 0 bridgehead atoms. The van der Waals surface area contributed by atoms with Crippen LogP contribution in [0, 0.1) is 0 Å². The number of rotatable bonds is 5. The van der Waals surface area contributed by atoms with Gasteiger partial charge in [-0.05, 0) is 48.7 Å². The van der Waals surface area contributed by atoms with Crippen molar-refractivity contribution in [1.82, 2.24) is 9.38 Å². The van der Waals surface area contributed by atoms with Crippen LogP contribution in [0.25, 0.3) is 16.9 Å². The minimum atomic E-state index is 0.390. The number of nitrogens with zero attached hydrogens (tertiary/aromatic N) is 2. The van der Waals surface area contributed by atoms with E-state index in [4.69, 9.17) is 14.5 Å². The highest BCUT2D eigenvalue weighted by molar-refractivity contribution is 5.67. The summed E-state index contributed by atoms with van der Waals surface area (Å²) >= 11 is 0. The first-order chi connectivity index (χ1) is 11.1. The summed E-state index contributed by atoms with van der Waals surface area (Å²) in [6.07, 6.45) is 4.02. The Morgan fingerprint density at radius 1 is 1.17 bits per heavy atom. The topological polar surface area (TPSA) is 35.8 Å². The zero-order valence-corrected chi connectivity index (χ0v) is 14.0. The number of fused-ring (bicyclic) bond motifs is 1. The monoisotopic (exact) mass is 310 g/mol. The van der Waals surface area contributed by atoms with Gasteiger partial charge in [0.25, 0.3) is 0 Å². The standard InChI is InChI=1S/C19H22N2O2/c1-5-23-18-7-6-10-21-12-16(20-19(18)21)14-8-9-17(22-4)15(11-14)13(2)3/h6-13H,5H2,1-4H3. The van der Waals surface area contributed by atoms with Gasteiger partial charge in [0.15, 0.2) is 11.4 Å². The van der Waals surface area contributed by atoms with Gasteiger partial charge in [0.2, 0.25) is 0 Å². The van der Waals surface area contributed by atoms with Crippen LogP contribution in [-0.4, -0.2) is 23.1 Å². The molecule has 0 saturated carbocycles. The van der Waals surface area contributed by atoms with E-state index in [1.54, 1.807) is 7.11 Å². The predicted octanol–water partition coefficient (Wildman–Crippen LogP) is 4.53. The molecule has 2 aromatic heterocycles. The molecule has 0 aliphatic heterocycles. The van der Waals surface area contributed by atoms with Crippen LogP contribution in [0.1, 0.15) is 32.3 Å². The SMILES string of the molecule is CCOc1cccn2cc(-c3ccc(OC)c(C(C)C)c3)nc12. The maximum absolute atomic E-state index is 5.66. The van der Waals surface area contributed by atoms with E-state index in [0.29, 0.717) is 12.5 Å². The van der Waals surface area contributed by atoms with Crippen molar-refractivity contribution in [3.05, 3.63) is 48.3 Å². The van der Waals surface area contributed by atoms with Crippen molar-refractivity contribution in [3.63, 3.8) is 0 Å². The highest BCUT2D eigenvalue weighted by Gasteiger charge is 2.13. The summed E-state index contributed by atoms with van der Waals surface area (Å²) in [4.78, 5) is 4.75. The maximum Gasteiger partial charge on any atom is 0.180 e. The normalized spacial score (nSPS) is 11.2. The molecule has 0 radical (unpaired) electrons. The lowest BCUT2D eigenvalue weighted by Crippen LogP contribution is -1.95. The van der Waals surface area contributed by atoms with Crippen molar-refractivity contribution in [3.8, 4) is 22.8 Å². The van der Waals surface area contributed by atoms with Gasteiger partial charge in [0, 0.05) is 18.0 Å². The summed E-state index contributed by atoms with van der Waals surface area (Å²) in [6, 6.07) is 10.1. The van der Waals surface area contributed by atoms with Gasteiger partial charge in [-0.3, -0.25) is 0 Å². The molecule has 120 valence electrons. The number of aromatic nitrogens is 2. The van der Waals surface area contributed by atoms with Gasteiger partial charge < -0.3 is 13.9 Å². The molecule has 0 unspecified atom stereocenters. The number of hydrogen-bond donors (Lipinski definition) is 0. The minimum absolute atomic E-state index is 0.390. The Labute approximate surface area is 136 Å². The summed E-state index contributed by atoms with van der Waals surface area (Å²) in [5, 5.41) is 0. The van der Waals surface area contributed by atoms with Gasteiger partial charge >= 0.3 is 0 Å². The third-order valence-corrected chi connectivity index (χ3v) is 3.89. The van der Waals surface area contributed by atoms with E-state index in [2.05, 4.69) is 19.9 Å². The maximum atomic E-state index is 5.66. The molecule has 4 heteroatoms. The lowest BCUT2D eigenvalue weighted by atomic mass is 9.98. The van der Waals surface area contributed by atoms with E-state index < -0.39 is 0 Å². The van der Waals surface area contributed by atoms with Crippen molar-refractivity contribution < 1.29 is 9.47 Å². The summed E-state index contributed by atoms with van der Waals surface area (Å²) in [5.41, 5.74) is 4.04. The fourth-order valence-corrected chi connectivity index (χ4v) is 2.74. The molecular weight excluding hydrogens is 288 g/mol. The summed E-state index contributed by atoms with van der Waals surface area (Å²) in [6.45, 7) is 6.94. The molecule has 0 amide bonds. The molecule has 4 nitrogen and oxygen atoms in total. The van der Waals surface area contributed by atoms with Gasteiger partial charge in [-0.25, -0.2) is 4.98 Å². The third kappa shape index (κ3) is 2.89. The quantitative estimate of drug-likeness (QED) is 0.694. The van der Waals surface area contributed by atoms with E-state index >= 15 is 0 Å². The molecule has 0 atom stereocenters. The van der Waals surface area contributed by atoms with Crippen LogP contribution < -0.4 is 9.47 Å². The van der Waals surface area contributed by atoms with Crippen molar-refractivity contribution in [2.75, 3.05) is 13.7 Å². The lowest BCUT2D eigenvalue weighted by molar-refractivity contribution is 0.342. The molecule has 0 aliphatic carbocycles. The van der Waals surface area contributed by atoms with Crippen LogP contribution >= 0.6 is 0 Å². The highest BCUT2D eigenvalue weighted by atomic mass is 16.5. The highest BCUT2D eigenvalue weighted by Crippen LogP contribution is 2.32. The molecule has 0 fully saturated rings. The number of benzene rings is 1. The van der Waals surface area contributed by atoms with Crippen LogP contribution in [0.15, 0.2) is 42.7 Å². The minimum Gasteiger partial charge on any atom is -0.496 e. The zero-order chi connectivity index (χ0) is 16.4. The molecule has 23 heavy (non-hydrogen) atoms. The van der Waals surface area contributed by atoms with Gasteiger partial charge in [-0.15, -0.1) is 0 Å². The van der Waals surface area contributed by atoms with Crippen LogP contribution in [-0.2, 0) is 0 Å². The fraction of sp³-hybridized carbons (Fsp3) is 0.316. The van der Waals surface area contributed by atoms with Crippen LogP contribution in [0.4, 0.5) is 0 Å². The molecule has 3 aromatic rings. The number of pyridine rings is 1. The predicted molar refractivity (Wildman–Crippen MR) is 92.4 cm³/mol. The molecule has 0 aliphatic rings. The Kier molecular flexibility index (Phi) is 4.24. The van der Waals surface area contributed by atoms with E-state index in [0.717, 1.165) is 28.4 Å². The second-order valence-corrected chi connectivity index (χ2v) is 5.77. The average Bonchev–Trinajstić information content (AvgIpc) is 2.99. The smallest absolute Gasteiger partial charge is 0.180 e. The Morgan fingerprint density at radius 2 is 2.00 bits per heavy atom. The fourth-order valence-electron chi connectivity index (χ4n) is 2.74. The second-order valence-electron chi connectivity index (χ2n) is 5.77. The third-order valence-electron chi connectivity index (χ3n) is 3.89. The zero-order valence-electron chi connectivity index (χ0n) is 14.0. The molecule has 3 rings (SSSR count). The summed E-state index contributed by atoms with van der Waals surface area (Å²) < 4.78 is 13.1. The van der Waals surface area contributed by atoms with E-state index in [1.165, 1.54) is 5.56 Å². The Bertz CT molecular complexity index is 821. The van der Waals surface area contributed by atoms with E-state index in [9.17, 15) is 0 Å². The van der Waals surface area contributed by atoms with E-state index in [-0.39, 0.29) is 0 Å². The van der Waals surface area contributed by atoms with Gasteiger partial charge in [-0.2, -0.15) is 0 Å². The molecule has 2 heterocycles. The lowest BCUT2D eigenvalue weighted by Gasteiger charge is -2.12. The first-order valence-corrected chi connectivity index (χ1v) is 7.92. The van der Waals surface area contributed by atoms with Crippen LogP contribution in [0.3, 0.4) is 0 Å². The first-order valence-electron chi connectivity index (χ1n) is 7.92. The van der Waals surface area contributed by atoms with Crippen molar-refractivity contribution in [2.45, 2.75) is 26.7 Å². The van der Waals surface area contributed by atoms with Crippen LogP contribution in [0.5, 0.6) is 11.5 Å². The number of imidazole rings is 1. The van der Waals surface area contributed by atoms with Crippen molar-refractivity contribution in [1.29, 1.82) is 0 Å². The molecular formula is C19H22N2O2. The van der Waals surface area contributed by atoms with Gasteiger partial charge in [-0.1, -0.05) is 13.8 Å². The average molecular weight is 310 g/mol. The largest absolute Gasteiger partial charge is 0.496 e. The molecule has 0 saturated heterocycles. The van der Waals surface area contributed by atoms with Crippen molar-refractivity contribution in [2.24, 2.45) is 0 Å². The Balaban J connectivity index is 2.10. The summed E-state index contributed by atoms with van der Waals surface area (Å²) in [5.74, 6) is 2.11. The van der Waals surface area contributed by atoms with Crippen LogP contribution in [0.2, 0.25) is 0 Å². The number of hydrogen-bond acceptors (Lipinski definition) is 3. The summed E-state index contributed by atoms with van der Waals surface area (Å²) in [7, 11) is 1.71. The van der Waals surface area contributed by atoms with Crippen molar-refractivity contribution >= 4 is 5.65 Å². The second kappa shape index (κ2) is 6.32. The number of ether oxygens (including phenoxy) is 2. The molecule has 1 aromatic carbocycles. The molecule has 0 N–H and O–H groups in total. The molecule has 0 spiro atoms. The Morgan fingerprint density at radius 3 is 2.70 bits per heavy atom. The first kappa shape index (κ1) is 15.4. The van der Waals surface area contributed by atoms with Gasteiger partial charge in [0.05, 0.1) is 19.4 Å².